The Bertz CT molecular complexity index is 295. The highest BCUT2D eigenvalue weighted by Gasteiger charge is 1.97. The Balaban J connectivity index is 0.00000256. The van der Waals surface area contributed by atoms with E-state index in [0.29, 0.717) is 0 Å². The maximum absolute atomic E-state index is 2.40. The van der Waals surface area contributed by atoms with E-state index in [4.69, 9.17) is 0 Å². The van der Waals surface area contributed by atoms with Crippen molar-refractivity contribution in [2.75, 3.05) is 6.66 Å². The second-order valence-corrected chi connectivity index (χ2v) is 6.22. The van der Waals surface area contributed by atoms with Gasteiger partial charge in [-0.05, 0) is 24.8 Å². The number of hydrogen-bond acceptors (Lipinski definition) is 0. The van der Waals surface area contributed by atoms with Crippen LogP contribution in [0.4, 0.5) is 0 Å². The molecule has 0 aliphatic carbocycles. The lowest BCUT2D eigenvalue weighted by atomic mass is 10.2. The van der Waals surface area contributed by atoms with E-state index in [-0.39, 0.29) is 16.3 Å². The van der Waals surface area contributed by atoms with Crippen molar-refractivity contribution < 1.29 is 0 Å². The Morgan fingerprint density at radius 2 is 1.76 bits per heavy atom. The van der Waals surface area contributed by atoms with Crippen molar-refractivity contribution in [2.45, 2.75) is 39.0 Å². The van der Waals surface area contributed by atoms with Gasteiger partial charge in [-0.2, -0.15) is 0 Å². The van der Waals surface area contributed by atoms with Crippen LogP contribution >= 0.6 is 7.92 Å². The highest BCUT2D eigenvalue weighted by atomic mass is 31.1. The van der Waals surface area contributed by atoms with Gasteiger partial charge in [0.1, 0.15) is 0 Å². The van der Waals surface area contributed by atoms with Crippen molar-refractivity contribution in [3.05, 3.63) is 42.2 Å². The van der Waals surface area contributed by atoms with Gasteiger partial charge in [-0.25, -0.2) is 0 Å². The molecule has 1 aromatic carbocycles. The third-order valence-corrected chi connectivity index (χ3v) is 4.49. The SMILES string of the molecule is CCCCCC/C=C\P(C)c1ccccc1.[B]. The first-order valence-corrected chi connectivity index (χ1v) is 8.15. The van der Waals surface area contributed by atoms with Crippen LogP contribution < -0.4 is 5.30 Å². The maximum Gasteiger partial charge on any atom is 0 e. The van der Waals surface area contributed by atoms with E-state index in [9.17, 15) is 0 Å². The summed E-state index contributed by atoms with van der Waals surface area (Å²) in [5.41, 5.74) is 0. The zero-order chi connectivity index (χ0) is 11.6. The number of rotatable bonds is 7. The fourth-order valence-corrected chi connectivity index (χ4v) is 2.95. The van der Waals surface area contributed by atoms with E-state index < -0.39 is 0 Å². The molecule has 0 saturated heterocycles. The first-order chi connectivity index (χ1) is 7.84. The van der Waals surface area contributed by atoms with Gasteiger partial charge in [-0.1, -0.05) is 76.3 Å². The summed E-state index contributed by atoms with van der Waals surface area (Å²) < 4.78 is 0. The zero-order valence-electron chi connectivity index (χ0n) is 11.1. The molecule has 0 aliphatic heterocycles. The zero-order valence-corrected chi connectivity index (χ0v) is 12.0. The molecule has 3 radical (unpaired) electrons. The predicted molar refractivity (Wildman–Crippen MR) is 82.6 cm³/mol. The van der Waals surface area contributed by atoms with Crippen LogP contribution in [0.1, 0.15) is 39.0 Å². The quantitative estimate of drug-likeness (QED) is 0.376. The molecule has 2 heteroatoms. The summed E-state index contributed by atoms with van der Waals surface area (Å²) in [5, 5.41) is 1.47. The van der Waals surface area contributed by atoms with Crippen molar-refractivity contribution in [1.29, 1.82) is 0 Å². The minimum atomic E-state index is -0.0807. The number of hydrogen-bond donors (Lipinski definition) is 0. The van der Waals surface area contributed by atoms with Crippen LogP contribution in [-0.2, 0) is 0 Å². The lowest BCUT2D eigenvalue weighted by Crippen LogP contribution is -1.95. The molecule has 0 bridgehead atoms. The summed E-state index contributed by atoms with van der Waals surface area (Å²) in [5.74, 6) is 2.40. The molecule has 0 nitrogen and oxygen atoms in total. The van der Waals surface area contributed by atoms with Gasteiger partial charge in [0.15, 0.2) is 0 Å². The average molecular weight is 245 g/mol. The van der Waals surface area contributed by atoms with Gasteiger partial charge >= 0.3 is 0 Å². The first-order valence-electron chi connectivity index (χ1n) is 6.29. The Morgan fingerprint density at radius 3 is 2.41 bits per heavy atom. The minimum Gasteiger partial charge on any atom is -0.0838 e. The van der Waals surface area contributed by atoms with Gasteiger partial charge in [0.05, 0.1) is 0 Å². The molecule has 0 saturated carbocycles. The Kier molecular flexibility index (Phi) is 10.3. The van der Waals surface area contributed by atoms with Crippen LogP contribution in [0.3, 0.4) is 0 Å². The summed E-state index contributed by atoms with van der Waals surface area (Å²) in [6.07, 6.45) is 9.06. The lowest BCUT2D eigenvalue weighted by Gasteiger charge is -2.06. The number of unbranched alkanes of at least 4 members (excludes halogenated alkanes) is 4. The van der Waals surface area contributed by atoms with Crippen LogP contribution in [-0.4, -0.2) is 15.1 Å². The van der Waals surface area contributed by atoms with Crippen molar-refractivity contribution in [2.24, 2.45) is 0 Å². The molecule has 0 N–H and O–H groups in total. The molecule has 0 heterocycles. The molecule has 0 amide bonds. The van der Waals surface area contributed by atoms with E-state index in [1.54, 1.807) is 0 Å². The standard InChI is InChI=1S/C15H23P.B/c1-3-4-5-6-7-11-14-16(2)15-12-9-8-10-13-15;/h8-14H,3-7H2,1-2H3;/b14-11-;. The maximum atomic E-state index is 2.40. The monoisotopic (exact) mass is 245 g/mol. The van der Waals surface area contributed by atoms with Crippen molar-refractivity contribution >= 4 is 21.6 Å². The Morgan fingerprint density at radius 1 is 1.06 bits per heavy atom. The first kappa shape index (κ1) is 16.5. The molecule has 1 unspecified atom stereocenters. The second kappa shape index (κ2) is 10.6. The molecule has 1 atom stereocenters. The Labute approximate surface area is 110 Å². The topological polar surface area (TPSA) is 0 Å². The summed E-state index contributed by atoms with van der Waals surface area (Å²) in [7, 11) is -0.0807. The van der Waals surface area contributed by atoms with Crippen LogP contribution in [0.25, 0.3) is 0 Å². The molecule has 1 aromatic rings. The largest absolute Gasteiger partial charge is 0.0838 e. The van der Waals surface area contributed by atoms with Gasteiger partial charge in [0.25, 0.3) is 0 Å². The fraction of sp³-hybridized carbons (Fsp3) is 0.467. The third kappa shape index (κ3) is 7.39. The van der Waals surface area contributed by atoms with Crippen molar-refractivity contribution in [3.8, 4) is 0 Å². The molecule has 17 heavy (non-hydrogen) atoms. The molecule has 0 spiro atoms. The van der Waals surface area contributed by atoms with E-state index in [2.05, 4.69) is 55.8 Å². The van der Waals surface area contributed by atoms with E-state index >= 15 is 0 Å². The summed E-state index contributed by atoms with van der Waals surface area (Å²) in [4.78, 5) is 0. The predicted octanol–water partition coefficient (Wildman–Crippen LogP) is 4.53. The molecule has 1 rings (SSSR count). The second-order valence-electron chi connectivity index (χ2n) is 4.18. The molecular formula is C15H23BP. The van der Waals surface area contributed by atoms with E-state index in [0.717, 1.165) is 0 Å². The van der Waals surface area contributed by atoms with Gasteiger partial charge in [0, 0.05) is 8.41 Å². The average Bonchev–Trinajstić information content (AvgIpc) is 2.34. The van der Waals surface area contributed by atoms with Gasteiger partial charge in [-0.15, -0.1) is 0 Å². The number of benzene rings is 1. The number of allylic oxidation sites excluding steroid dienone is 1. The Hall–Kier alpha value is -0.545. The summed E-state index contributed by atoms with van der Waals surface area (Å²) in [6, 6.07) is 10.8. The normalized spacial score (nSPS) is 12.4. The molecule has 91 valence electrons. The fourth-order valence-electron chi connectivity index (χ4n) is 1.67. The lowest BCUT2D eigenvalue weighted by molar-refractivity contribution is 0.675. The van der Waals surface area contributed by atoms with Crippen molar-refractivity contribution in [1.82, 2.24) is 0 Å². The van der Waals surface area contributed by atoms with Crippen LogP contribution in [0.5, 0.6) is 0 Å². The van der Waals surface area contributed by atoms with E-state index in [1.807, 2.05) is 0 Å². The smallest absolute Gasteiger partial charge is 0 e. The molecule has 0 aliphatic rings. The highest BCUT2D eigenvalue weighted by Crippen LogP contribution is 2.30. The van der Waals surface area contributed by atoms with Crippen LogP contribution in [0.2, 0.25) is 0 Å². The molecular weight excluding hydrogens is 222 g/mol. The van der Waals surface area contributed by atoms with Gasteiger partial charge in [-0.3, -0.25) is 0 Å². The molecule has 0 aromatic heterocycles. The van der Waals surface area contributed by atoms with E-state index in [1.165, 1.54) is 37.4 Å². The third-order valence-electron chi connectivity index (χ3n) is 2.72. The van der Waals surface area contributed by atoms with Gasteiger partial charge < -0.3 is 0 Å². The van der Waals surface area contributed by atoms with Crippen LogP contribution in [0.15, 0.2) is 42.2 Å². The minimum absolute atomic E-state index is 0. The van der Waals surface area contributed by atoms with Gasteiger partial charge in [0.2, 0.25) is 0 Å². The van der Waals surface area contributed by atoms with Crippen molar-refractivity contribution in [3.63, 3.8) is 0 Å². The van der Waals surface area contributed by atoms with Crippen LogP contribution in [0, 0.1) is 0 Å². The summed E-state index contributed by atoms with van der Waals surface area (Å²) in [6.45, 7) is 4.59. The molecule has 0 fully saturated rings. The summed E-state index contributed by atoms with van der Waals surface area (Å²) >= 11 is 0. The highest BCUT2D eigenvalue weighted by molar-refractivity contribution is 7.67.